The van der Waals surface area contributed by atoms with Crippen molar-refractivity contribution in [1.29, 1.82) is 0 Å². The van der Waals surface area contributed by atoms with Gasteiger partial charge in [-0.1, -0.05) is 42.8 Å². The van der Waals surface area contributed by atoms with E-state index in [1.807, 2.05) is 27.0 Å². The van der Waals surface area contributed by atoms with E-state index in [9.17, 15) is 4.79 Å². The maximum atomic E-state index is 13.0. The van der Waals surface area contributed by atoms with E-state index in [0.717, 1.165) is 15.0 Å². The minimum Gasteiger partial charge on any atom is -0.443 e. The van der Waals surface area contributed by atoms with E-state index in [2.05, 4.69) is 47.2 Å². The summed E-state index contributed by atoms with van der Waals surface area (Å²) in [4.78, 5) is 17.6. The number of amides is 1. The molecule has 0 fully saturated rings. The monoisotopic (exact) mass is 556 g/mol. The summed E-state index contributed by atoms with van der Waals surface area (Å²) in [5.41, 5.74) is 0.662. The molecular formula is C19H27Cl2IN2O3Si. The summed E-state index contributed by atoms with van der Waals surface area (Å²) >= 11 is 14.9. The zero-order valence-electron chi connectivity index (χ0n) is 17.1. The Morgan fingerprint density at radius 1 is 1.29 bits per heavy atom. The van der Waals surface area contributed by atoms with Crippen LogP contribution in [0.3, 0.4) is 0 Å². The van der Waals surface area contributed by atoms with Crippen molar-refractivity contribution >= 4 is 76.6 Å². The second kappa shape index (κ2) is 9.12. The summed E-state index contributed by atoms with van der Waals surface area (Å²) in [6.07, 6.45) is 1.34. The lowest BCUT2D eigenvalue weighted by atomic mass is 10.2. The quantitative estimate of drug-likeness (QED) is 0.178. The van der Waals surface area contributed by atoms with E-state index in [0.29, 0.717) is 27.9 Å². The van der Waals surface area contributed by atoms with Gasteiger partial charge in [-0.05, 0) is 55.5 Å². The lowest BCUT2D eigenvalue weighted by Crippen LogP contribution is -2.39. The number of carbonyl (C=O) groups excluding carboxylic acids is 1. The lowest BCUT2D eigenvalue weighted by Gasteiger charge is -2.28. The molecule has 2 aromatic rings. The van der Waals surface area contributed by atoms with Crippen molar-refractivity contribution in [1.82, 2.24) is 4.98 Å². The van der Waals surface area contributed by atoms with Crippen molar-refractivity contribution in [3.05, 3.63) is 25.9 Å². The Morgan fingerprint density at radius 3 is 2.50 bits per heavy atom. The van der Waals surface area contributed by atoms with Crippen LogP contribution in [-0.2, 0) is 9.47 Å². The fourth-order valence-electron chi connectivity index (χ4n) is 2.48. The molecule has 0 spiro atoms. The Kier molecular flexibility index (Phi) is 7.75. The predicted octanol–water partition coefficient (Wildman–Crippen LogP) is 7.13. The molecule has 0 aliphatic heterocycles. The molecule has 1 N–H and O–H groups in total. The summed E-state index contributed by atoms with van der Waals surface area (Å²) < 4.78 is 12.4. The molecule has 28 heavy (non-hydrogen) atoms. The van der Waals surface area contributed by atoms with E-state index in [-0.39, 0.29) is 6.73 Å². The molecule has 1 amide bonds. The topological polar surface area (TPSA) is 54.6 Å². The van der Waals surface area contributed by atoms with Crippen LogP contribution in [0.25, 0.3) is 10.9 Å². The van der Waals surface area contributed by atoms with Crippen LogP contribution in [0, 0.1) is 3.57 Å². The number of H-pyrrole nitrogens is 1. The van der Waals surface area contributed by atoms with E-state index in [4.69, 9.17) is 32.7 Å². The maximum Gasteiger partial charge on any atom is 0.416 e. The number of benzene rings is 1. The molecule has 156 valence electrons. The van der Waals surface area contributed by atoms with Crippen LogP contribution >= 0.6 is 45.8 Å². The largest absolute Gasteiger partial charge is 0.443 e. The summed E-state index contributed by atoms with van der Waals surface area (Å²) in [7, 11) is -1.24. The van der Waals surface area contributed by atoms with Crippen molar-refractivity contribution in [3.8, 4) is 0 Å². The van der Waals surface area contributed by atoms with Crippen LogP contribution in [0.1, 0.15) is 20.8 Å². The molecule has 1 heterocycles. The lowest BCUT2D eigenvalue weighted by molar-refractivity contribution is 0.0501. The van der Waals surface area contributed by atoms with Gasteiger partial charge in [-0.15, -0.1) is 0 Å². The highest BCUT2D eigenvalue weighted by molar-refractivity contribution is 14.1. The van der Waals surface area contributed by atoms with Crippen LogP contribution in [0.4, 0.5) is 10.5 Å². The molecule has 0 aliphatic rings. The standard InChI is InChI=1S/C19H27Cl2IN2O3Si/c1-19(2,3)27-18(25)24(11-26-7-8-28(4,5)6)14-9-12(20)16(21)17-15(14)13(22)10-23-17/h9-10,23H,7-8,11H2,1-6H3. The van der Waals surface area contributed by atoms with Gasteiger partial charge in [0.05, 0.1) is 21.2 Å². The Labute approximate surface area is 191 Å². The van der Waals surface area contributed by atoms with Gasteiger partial charge in [0.1, 0.15) is 12.3 Å². The SMILES string of the molecule is CC(C)(C)OC(=O)N(COCC[Si](C)(C)C)c1cc(Cl)c(Cl)c2[nH]cc(I)c12. The minimum absolute atomic E-state index is 0.0771. The Morgan fingerprint density at radius 2 is 1.93 bits per heavy atom. The van der Waals surface area contributed by atoms with E-state index >= 15 is 0 Å². The highest BCUT2D eigenvalue weighted by atomic mass is 127. The third-order valence-electron chi connectivity index (χ3n) is 3.90. The molecule has 0 bridgehead atoms. The average molecular weight is 557 g/mol. The van der Waals surface area contributed by atoms with E-state index < -0.39 is 19.8 Å². The summed E-state index contributed by atoms with van der Waals surface area (Å²) in [5.74, 6) is 0. The van der Waals surface area contributed by atoms with Crippen LogP contribution in [0.15, 0.2) is 12.3 Å². The molecule has 0 unspecified atom stereocenters. The number of anilines is 1. The van der Waals surface area contributed by atoms with Crippen molar-refractivity contribution in [2.45, 2.75) is 52.1 Å². The van der Waals surface area contributed by atoms with Gasteiger partial charge in [-0.3, -0.25) is 4.90 Å². The molecule has 0 saturated heterocycles. The van der Waals surface area contributed by atoms with Gasteiger partial charge in [-0.25, -0.2) is 4.79 Å². The van der Waals surface area contributed by atoms with Gasteiger partial charge in [0.2, 0.25) is 0 Å². The number of aromatic nitrogens is 1. The molecular weight excluding hydrogens is 530 g/mol. The zero-order valence-corrected chi connectivity index (χ0v) is 21.8. The van der Waals surface area contributed by atoms with Gasteiger partial charge in [0.15, 0.2) is 0 Å². The first-order chi connectivity index (χ1) is 12.8. The molecule has 1 aromatic heterocycles. The van der Waals surface area contributed by atoms with Crippen molar-refractivity contribution in [2.24, 2.45) is 0 Å². The van der Waals surface area contributed by atoms with Crippen LogP contribution in [0.5, 0.6) is 0 Å². The van der Waals surface area contributed by atoms with E-state index in [1.165, 1.54) is 4.90 Å². The van der Waals surface area contributed by atoms with Crippen LogP contribution < -0.4 is 4.90 Å². The Bertz CT molecular complexity index is 859. The molecule has 0 atom stereocenters. The first-order valence-corrected chi connectivity index (χ1v) is 14.6. The number of nitrogens with zero attached hydrogens (tertiary/aromatic N) is 1. The van der Waals surface area contributed by atoms with Crippen molar-refractivity contribution in [2.75, 3.05) is 18.2 Å². The number of rotatable bonds is 6. The number of hydrogen-bond donors (Lipinski definition) is 1. The second-order valence-corrected chi connectivity index (χ2v) is 16.4. The van der Waals surface area contributed by atoms with Gasteiger partial charge in [0, 0.05) is 29.8 Å². The zero-order chi connectivity index (χ0) is 21.3. The predicted molar refractivity (Wildman–Crippen MR) is 129 cm³/mol. The van der Waals surface area contributed by atoms with Gasteiger partial charge in [-0.2, -0.15) is 0 Å². The highest BCUT2D eigenvalue weighted by Crippen LogP contribution is 2.40. The van der Waals surface area contributed by atoms with E-state index in [1.54, 1.807) is 6.07 Å². The molecule has 9 heteroatoms. The number of hydrogen-bond acceptors (Lipinski definition) is 3. The molecule has 0 aliphatic carbocycles. The number of halogens is 3. The third kappa shape index (κ3) is 6.26. The number of nitrogens with one attached hydrogen (secondary N) is 1. The molecule has 0 saturated carbocycles. The fraction of sp³-hybridized carbons (Fsp3) is 0.526. The molecule has 5 nitrogen and oxygen atoms in total. The summed E-state index contributed by atoms with van der Waals surface area (Å²) in [6.45, 7) is 13.0. The fourth-order valence-corrected chi connectivity index (χ4v) is 4.34. The third-order valence-corrected chi connectivity index (χ3v) is 7.24. The smallest absolute Gasteiger partial charge is 0.416 e. The maximum absolute atomic E-state index is 13.0. The molecule has 0 radical (unpaired) electrons. The Hall–Kier alpha value is -0.483. The number of aromatic amines is 1. The summed E-state index contributed by atoms with van der Waals surface area (Å²) in [5, 5.41) is 1.60. The average Bonchev–Trinajstić information content (AvgIpc) is 2.91. The normalized spacial score (nSPS) is 12.5. The minimum atomic E-state index is -1.24. The van der Waals surface area contributed by atoms with Crippen molar-refractivity contribution < 1.29 is 14.3 Å². The number of carbonyl (C=O) groups is 1. The summed E-state index contributed by atoms with van der Waals surface area (Å²) in [6, 6.07) is 2.70. The first kappa shape index (κ1) is 23.8. The van der Waals surface area contributed by atoms with Crippen molar-refractivity contribution in [3.63, 3.8) is 0 Å². The first-order valence-electron chi connectivity index (χ1n) is 9.03. The molecule has 1 aromatic carbocycles. The second-order valence-electron chi connectivity index (χ2n) is 8.83. The van der Waals surface area contributed by atoms with Crippen LogP contribution in [-0.4, -0.2) is 38.1 Å². The van der Waals surface area contributed by atoms with Gasteiger partial charge >= 0.3 is 6.09 Å². The van der Waals surface area contributed by atoms with Gasteiger partial charge < -0.3 is 14.5 Å². The number of fused-ring (bicyclic) bond motifs is 1. The van der Waals surface area contributed by atoms with Crippen LogP contribution in [0.2, 0.25) is 35.7 Å². The Balaban J connectivity index is 2.41. The number of ether oxygens (including phenoxy) is 2. The van der Waals surface area contributed by atoms with Gasteiger partial charge in [0.25, 0.3) is 0 Å². The molecule has 2 rings (SSSR count). The highest BCUT2D eigenvalue weighted by Gasteiger charge is 2.27.